The number of rotatable bonds is 3. The van der Waals surface area contributed by atoms with Crippen molar-refractivity contribution >= 4 is 29.2 Å². The number of aliphatic hydroxyl groups excluding tert-OH is 3. The van der Waals surface area contributed by atoms with Gasteiger partial charge in [-0.05, 0) is 12.1 Å². The standard InChI is InChI=1S/C8H6Cl2O3.C6H12O4/c1-13-7-5(10)3-2-4(9)6(7)8(11)12;7-3-5-1-4(8)2-6(9)10-5/h2-3H,1H3,(H,11,12);4-9H,1-3H2. The minimum atomic E-state index is -1.16. The molecule has 7 nitrogen and oxygen atoms in total. The van der Waals surface area contributed by atoms with Gasteiger partial charge in [-0.1, -0.05) is 23.2 Å². The van der Waals surface area contributed by atoms with Gasteiger partial charge < -0.3 is 29.9 Å². The Morgan fingerprint density at radius 1 is 1.30 bits per heavy atom. The van der Waals surface area contributed by atoms with Gasteiger partial charge in [0.25, 0.3) is 0 Å². The van der Waals surface area contributed by atoms with Crippen LogP contribution in [0.15, 0.2) is 12.1 Å². The Morgan fingerprint density at radius 2 is 1.91 bits per heavy atom. The van der Waals surface area contributed by atoms with Crippen molar-refractivity contribution in [1.82, 2.24) is 0 Å². The molecular formula is C14H18Cl2O7. The molecule has 0 aromatic heterocycles. The van der Waals surface area contributed by atoms with Crippen LogP contribution in [0, 0.1) is 0 Å². The minimum Gasteiger partial charge on any atom is -0.494 e. The molecule has 0 saturated carbocycles. The van der Waals surface area contributed by atoms with Gasteiger partial charge in [0.05, 0.1) is 36.0 Å². The van der Waals surface area contributed by atoms with Crippen LogP contribution in [0.3, 0.4) is 0 Å². The normalized spacial score (nSPS) is 23.7. The summed E-state index contributed by atoms with van der Waals surface area (Å²) in [7, 11) is 1.34. The quantitative estimate of drug-likeness (QED) is 0.639. The zero-order valence-electron chi connectivity index (χ0n) is 12.3. The Balaban J connectivity index is 0.000000238. The van der Waals surface area contributed by atoms with Gasteiger partial charge in [-0.2, -0.15) is 0 Å². The Kier molecular flexibility index (Phi) is 8.04. The average molecular weight is 369 g/mol. The van der Waals surface area contributed by atoms with Crippen LogP contribution in [0.4, 0.5) is 0 Å². The van der Waals surface area contributed by atoms with Crippen molar-refractivity contribution in [3.63, 3.8) is 0 Å². The molecule has 23 heavy (non-hydrogen) atoms. The zero-order valence-corrected chi connectivity index (χ0v) is 13.8. The van der Waals surface area contributed by atoms with Crippen LogP contribution in [0.1, 0.15) is 23.2 Å². The zero-order chi connectivity index (χ0) is 17.6. The first kappa shape index (κ1) is 20.0. The van der Waals surface area contributed by atoms with Gasteiger partial charge in [-0.3, -0.25) is 0 Å². The molecular weight excluding hydrogens is 351 g/mol. The summed E-state index contributed by atoms with van der Waals surface area (Å²) < 4.78 is 9.67. The number of methoxy groups -OCH3 is 1. The lowest BCUT2D eigenvalue weighted by Gasteiger charge is -2.28. The molecule has 2 rings (SSSR count). The van der Waals surface area contributed by atoms with Gasteiger partial charge in [0.15, 0.2) is 12.0 Å². The van der Waals surface area contributed by atoms with Crippen molar-refractivity contribution in [2.24, 2.45) is 0 Å². The molecule has 1 aromatic rings. The second kappa shape index (κ2) is 9.27. The number of benzene rings is 1. The van der Waals surface area contributed by atoms with Gasteiger partial charge >= 0.3 is 5.97 Å². The van der Waals surface area contributed by atoms with Crippen molar-refractivity contribution in [2.45, 2.75) is 31.3 Å². The molecule has 4 N–H and O–H groups in total. The third kappa shape index (κ3) is 5.80. The molecule has 3 atom stereocenters. The summed E-state index contributed by atoms with van der Waals surface area (Å²) in [6.45, 7) is -0.145. The first-order valence-electron chi connectivity index (χ1n) is 6.67. The first-order chi connectivity index (χ1) is 10.8. The molecule has 3 unspecified atom stereocenters. The summed E-state index contributed by atoms with van der Waals surface area (Å²) in [6.07, 6.45) is -1.20. The van der Waals surface area contributed by atoms with Crippen LogP contribution in [-0.4, -0.2) is 58.6 Å². The molecule has 9 heteroatoms. The third-order valence-electron chi connectivity index (χ3n) is 3.04. The van der Waals surface area contributed by atoms with E-state index < -0.39 is 24.5 Å². The molecule has 1 saturated heterocycles. The van der Waals surface area contributed by atoms with E-state index in [9.17, 15) is 4.79 Å². The summed E-state index contributed by atoms with van der Waals surface area (Å²) in [5.41, 5.74) is -0.114. The van der Waals surface area contributed by atoms with E-state index in [1.807, 2.05) is 0 Å². The van der Waals surface area contributed by atoms with Crippen molar-refractivity contribution in [2.75, 3.05) is 13.7 Å². The van der Waals surface area contributed by atoms with E-state index in [4.69, 9.17) is 53.1 Å². The number of carboxylic acids is 1. The average Bonchev–Trinajstić information content (AvgIpc) is 2.48. The topological polar surface area (TPSA) is 116 Å². The van der Waals surface area contributed by atoms with Crippen molar-refractivity contribution in [3.05, 3.63) is 27.7 Å². The van der Waals surface area contributed by atoms with E-state index >= 15 is 0 Å². The molecule has 0 radical (unpaired) electrons. The summed E-state index contributed by atoms with van der Waals surface area (Å²) in [5.74, 6) is -1.08. The number of halogens is 2. The summed E-state index contributed by atoms with van der Waals surface area (Å²) >= 11 is 11.4. The van der Waals surface area contributed by atoms with E-state index in [1.54, 1.807) is 0 Å². The molecule has 1 aromatic carbocycles. The molecule has 1 fully saturated rings. The lowest BCUT2D eigenvalue weighted by Crippen LogP contribution is -2.37. The van der Waals surface area contributed by atoms with E-state index in [1.165, 1.54) is 19.2 Å². The lowest BCUT2D eigenvalue weighted by molar-refractivity contribution is -0.197. The van der Waals surface area contributed by atoms with Crippen molar-refractivity contribution in [1.29, 1.82) is 0 Å². The maximum atomic E-state index is 10.7. The summed E-state index contributed by atoms with van der Waals surface area (Å²) in [6, 6.07) is 2.89. The van der Waals surface area contributed by atoms with Gasteiger partial charge in [-0.15, -0.1) is 0 Å². The highest BCUT2D eigenvalue weighted by molar-refractivity contribution is 6.36. The van der Waals surface area contributed by atoms with Gasteiger partial charge in [0, 0.05) is 12.8 Å². The number of aliphatic hydroxyl groups is 3. The highest BCUT2D eigenvalue weighted by Crippen LogP contribution is 2.33. The minimum absolute atomic E-state index is 0.0849. The molecule has 0 bridgehead atoms. The van der Waals surface area contributed by atoms with Crippen LogP contribution in [-0.2, 0) is 4.74 Å². The van der Waals surface area contributed by atoms with Gasteiger partial charge in [-0.25, -0.2) is 4.79 Å². The van der Waals surface area contributed by atoms with E-state index in [-0.39, 0.29) is 34.4 Å². The van der Waals surface area contributed by atoms with Crippen molar-refractivity contribution in [3.8, 4) is 5.75 Å². The third-order valence-corrected chi connectivity index (χ3v) is 3.65. The first-order valence-corrected chi connectivity index (χ1v) is 7.43. The van der Waals surface area contributed by atoms with Gasteiger partial charge in [0.2, 0.25) is 0 Å². The lowest BCUT2D eigenvalue weighted by atomic mass is 10.1. The Hall–Kier alpha value is -1.09. The van der Waals surface area contributed by atoms with Crippen LogP contribution < -0.4 is 4.74 Å². The predicted molar refractivity (Wildman–Crippen MR) is 83.2 cm³/mol. The predicted octanol–water partition coefficient (Wildman–Crippen LogP) is 1.54. The highest BCUT2D eigenvalue weighted by Gasteiger charge is 2.25. The monoisotopic (exact) mass is 368 g/mol. The molecule has 1 aliphatic rings. The van der Waals surface area contributed by atoms with Crippen molar-refractivity contribution < 1.29 is 34.7 Å². The van der Waals surface area contributed by atoms with Crippen LogP contribution >= 0.6 is 23.2 Å². The summed E-state index contributed by atoms with van der Waals surface area (Å²) in [4.78, 5) is 10.7. The number of aromatic carboxylic acids is 1. The van der Waals surface area contributed by atoms with E-state index in [0.717, 1.165) is 0 Å². The SMILES string of the molecule is COc1c(Cl)ccc(Cl)c1C(=O)O.OCC1CC(O)CC(O)O1. The fourth-order valence-electron chi connectivity index (χ4n) is 2.02. The largest absolute Gasteiger partial charge is 0.494 e. The smallest absolute Gasteiger partial charge is 0.341 e. The maximum absolute atomic E-state index is 10.7. The van der Waals surface area contributed by atoms with Crippen LogP contribution in [0.25, 0.3) is 0 Å². The Bertz CT molecular complexity index is 528. The molecule has 0 aliphatic carbocycles. The van der Waals surface area contributed by atoms with Crippen LogP contribution in [0.5, 0.6) is 5.75 Å². The highest BCUT2D eigenvalue weighted by atomic mass is 35.5. The second-order valence-electron chi connectivity index (χ2n) is 4.76. The Morgan fingerprint density at radius 3 is 2.35 bits per heavy atom. The van der Waals surface area contributed by atoms with E-state index in [2.05, 4.69) is 0 Å². The molecule has 1 heterocycles. The maximum Gasteiger partial charge on any atom is 0.341 e. The van der Waals surface area contributed by atoms with Crippen LogP contribution in [0.2, 0.25) is 10.0 Å². The number of hydrogen-bond donors (Lipinski definition) is 4. The number of carboxylic acid groups (broad SMARTS) is 1. The number of hydrogen-bond acceptors (Lipinski definition) is 6. The molecule has 130 valence electrons. The fraction of sp³-hybridized carbons (Fsp3) is 0.500. The number of carbonyl (C=O) groups is 1. The van der Waals surface area contributed by atoms with E-state index in [0.29, 0.717) is 6.42 Å². The van der Waals surface area contributed by atoms with Gasteiger partial charge in [0.1, 0.15) is 5.56 Å². The second-order valence-corrected chi connectivity index (χ2v) is 5.58. The fourth-order valence-corrected chi connectivity index (χ4v) is 2.48. The molecule has 0 spiro atoms. The molecule has 0 amide bonds. The number of ether oxygens (including phenoxy) is 2. The summed E-state index contributed by atoms with van der Waals surface area (Å²) in [5, 5.41) is 35.6. The Labute approximate surface area is 143 Å². The molecule has 1 aliphatic heterocycles.